The van der Waals surface area contributed by atoms with Gasteiger partial charge in [-0.1, -0.05) is 23.2 Å². The first-order valence-electron chi connectivity index (χ1n) is 8.58. The zero-order valence-electron chi connectivity index (χ0n) is 14.6. The van der Waals surface area contributed by atoms with Crippen molar-refractivity contribution in [2.24, 2.45) is 0 Å². The van der Waals surface area contributed by atoms with Gasteiger partial charge in [-0.25, -0.2) is 14.8 Å². The summed E-state index contributed by atoms with van der Waals surface area (Å²) < 4.78 is 13.0. The van der Waals surface area contributed by atoms with Gasteiger partial charge in [-0.15, -0.1) is 0 Å². The van der Waals surface area contributed by atoms with Crippen LogP contribution in [0.2, 0.25) is 10.0 Å². The molecule has 2 heterocycles. The Hall–Kier alpha value is -2.83. The van der Waals surface area contributed by atoms with Crippen LogP contribution in [0.5, 0.6) is 0 Å². The molecule has 0 saturated heterocycles. The van der Waals surface area contributed by atoms with Gasteiger partial charge >= 0.3 is 5.97 Å². The standard InChI is InChI=1S/C20H15Cl2N3O3/c21-15-8-14(9-16(22)11-15)19-24-17-3-2-13(10-18(17)28-19)20(26)27-7-1-5-25-6-4-23-12-25/h2-4,6,8-12H,1,5,7H2. The molecule has 8 heteroatoms. The van der Waals surface area contributed by atoms with E-state index in [-0.39, 0.29) is 0 Å². The van der Waals surface area contributed by atoms with Gasteiger partial charge in [-0.05, 0) is 42.8 Å². The van der Waals surface area contributed by atoms with Crippen molar-refractivity contribution >= 4 is 40.3 Å². The second-order valence-electron chi connectivity index (χ2n) is 6.15. The van der Waals surface area contributed by atoms with Crippen LogP contribution in [0.15, 0.2) is 59.5 Å². The summed E-state index contributed by atoms with van der Waals surface area (Å²) in [6.45, 7) is 1.05. The predicted octanol–water partition coefficient (Wildman–Crippen LogP) is 5.25. The molecule has 0 radical (unpaired) electrons. The van der Waals surface area contributed by atoms with Gasteiger partial charge in [0.15, 0.2) is 5.58 Å². The maximum absolute atomic E-state index is 12.3. The lowest BCUT2D eigenvalue weighted by molar-refractivity contribution is 0.0496. The van der Waals surface area contributed by atoms with Crippen LogP contribution in [0.1, 0.15) is 16.8 Å². The Morgan fingerprint density at radius 1 is 1.14 bits per heavy atom. The number of rotatable bonds is 6. The molecule has 0 bridgehead atoms. The highest BCUT2D eigenvalue weighted by Crippen LogP contribution is 2.29. The van der Waals surface area contributed by atoms with Crippen molar-refractivity contribution in [2.45, 2.75) is 13.0 Å². The summed E-state index contributed by atoms with van der Waals surface area (Å²) in [7, 11) is 0. The molecule has 0 aliphatic rings. The Morgan fingerprint density at radius 2 is 1.96 bits per heavy atom. The van der Waals surface area contributed by atoms with Gasteiger partial charge in [0.1, 0.15) is 5.52 Å². The molecule has 0 aliphatic heterocycles. The lowest BCUT2D eigenvalue weighted by Gasteiger charge is -2.05. The summed E-state index contributed by atoms with van der Waals surface area (Å²) in [5, 5.41) is 0.981. The Morgan fingerprint density at radius 3 is 2.71 bits per heavy atom. The van der Waals surface area contributed by atoms with Gasteiger partial charge in [0.05, 0.1) is 18.5 Å². The van der Waals surface area contributed by atoms with Crippen LogP contribution in [-0.2, 0) is 11.3 Å². The SMILES string of the molecule is O=C(OCCCn1ccnc1)c1ccc2nc(-c3cc(Cl)cc(Cl)c3)oc2c1. The van der Waals surface area contributed by atoms with E-state index in [9.17, 15) is 4.79 Å². The normalized spacial score (nSPS) is 11.1. The van der Waals surface area contributed by atoms with Crippen LogP contribution in [-0.4, -0.2) is 27.1 Å². The smallest absolute Gasteiger partial charge is 0.338 e. The number of esters is 1. The maximum Gasteiger partial charge on any atom is 0.338 e. The van der Waals surface area contributed by atoms with Crippen LogP contribution < -0.4 is 0 Å². The fourth-order valence-corrected chi connectivity index (χ4v) is 3.29. The second kappa shape index (κ2) is 8.04. The van der Waals surface area contributed by atoms with Crippen molar-refractivity contribution in [3.05, 3.63) is 70.7 Å². The first-order chi connectivity index (χ1) is 13.6. The molecule has 0 amide bonds. The number of carbonyl (C=O) groups is 1. The Balaban J connectivity index is 1.45. The number of ether oxygens (including phenoxy) is 1. The second-order valence-corrected chi connectivity index (χ2v) is 7.02. The number of nitrogens with zero attached hydrogens (tertiary/aromatic N) is 3. The Kier molecular flexibility index (Phi) is 5.32. The number of fused-ring (bicyclic) bond motifs is 1. The molecule has 0 saturated carbocycles. The summed E-state index contributed by atoms with van der Waals surface area (Å²) in [6, 6.07) is 10.1. The van der Waals surface area contributed by atoms with Crippen molar-refractivity contribution in [1.29, 1.82) is 0 Å². The van der Waals surface area contributed by atoms with Crippen molar-refractivity contribution in [2.75, 3.05) is 6.61 Å². The van der Waals surface area contributed by atoms with E-state index in [2.05, 4.69) is 9.97 Å². The number of imidazole rings is 1. The Bertz CT molecular complexity index is 1100. The fraction of sp³-hybridized carbons (Fsp3) is 0.150. The molecule has 2 aromatic heterocycles. The van der Waals surface area contributed by atoms with Crippen LogP contribution >= 0.6 is 23.2 Å². The third-order valence-electron chi connectivity index (χ3n) is 4.09. The molecule has 0 spiro atoms. The quantitative estimate of drug-likeness (QED) is 0.317. The minimum atomic E-state index is -0.406. The van der Waals surface area contributed by atoms with Crippen molar-refractivity contribution < 1.29 is 13.9 Å². The molecule has 0 fully saturated rings. The molecule has 0 N–H and O–H groups in total. The molecule has 2 aromatic carbocycles. The average Bonchev–Trinajstić information content (AvgIpc) is 3.33. The number of aromatic nitrogens is 3. The van der Waals surface area contributed by atoms with Crippen LogP contribution in [0.3, 0.4) is 0 Å². The summed E-state index contributed by atoms with van der Waals surface area (Å²) in [6.07, 6.45) is 6.01. The van der Waals surface area contributed by atoms with Gasteiger partial charge in [0, 0.05) is 34.5 Å². The molecule has 4 aromatic rings. The molecule has 28 heavy (non-hydrogen) atoms. The first-order valence-corrected chi connectivity index (χ1v) is 9.34. The van der Waals surface area contributed by atoms with E-state index in [4.69, 9.17) is 32.4 Å². The summed E-state index contributed by atoms with van der Waals surface area (Å²) in [5.41, 5.74) is 2.18. The van der Waals surface area contributed by atoms with Crippen molar-refractivity contribution in [3.63, 3.8) is 0 Å². The Labute approximate surface area is 170 Å². The monoisotopic (exact) mass is 415 g/mol. The predicted molar refractivity (Wildman–Crippen MR) is 107 cm³/mol. The zero-order chi connectivity index (χ0) is 19.5. The molecular formula is C20H15Cl2N3O3. The van der Waals surface area contributed by atoms with E-state index in [0.717, 1.165) is 6.54 Å². The number of oxazole rings is 1. The molecule has 0 unspecified atom stereocenters. The minimum absolute atomic E-state index is 0.317. The van der Waals surface area contributed by atoms with Gasteiger partial charge < -0.3 is 13.7 Å². The van der Waals surface area contributed by atoms with Crippen LogP contribution in [0, 0.1) is 0 Å². The summed E-state index contributed by atoms with van der Waals surface area (Å²) in [4.78, 5) is 20.7. The number of aryl methyl sites for hydroxylation is 1. The lowest BCUT2D eigenvalue weighted by atomic mass is 10.2. The molecule has 6 nitrogen and oxygen atoms in total. The van der Waals surface area contributed by atoms with Gasteiger partial charge in [-0.3, -0.25) is 0 Å². The van der Waals surface area contributed by atoms with E-state index < -0.39 is 5.97 Å². The highest BCUT2D eigenvalue weighted by atomic mass is 35.5. The fourth-order valence-electron chi connectivity index (χ4n) is 2.77. The van der Waals surface area contributed by atoms with Crippen molar-refractivity contribution in [3.8, 4) is 11.5 Å². The maximum atomic E-state index is 12.3. The summed E-state index contributed by atoms with van der Waals surface area (Å²) >= 11 is 12.1. The van der Waals surface area contributed by atoms with E-state index >= 15 is 0 Å². The van der Waals surface area contributed by atoms with E-state index in [0.29, 0.717) is 51.2 Å². The summed E-state index contributed by atoms with van der Waals surface area (Å²) in [5.74, 6) is -0.0264. The van der Waals surface area contributed by atoms with E-state index in [1.54, 1.807) is 48.9 Å². The van der Waals surface area contributed by atoms with Gasteiger partial charge in [0.25, 0.3) is 0 Å². The highest BCUT2D eigenvalue weighted by molar-refractivity contribution is 6.35. The van der Waals surface area contributed by atoms with E-state index in [1.807, 2.05) is 10.8 Å². The number of carbonyl (C=O) groups excluding carboxylic acids is 1. The van der Waals surface area contributed by atoms with E-state index in [1.165, 1.54) is 0 Å². The van der Waals surface area contributed by atoms with Gasteiger partial charge in [-0.2, -0.15) is 0 Å². The van der Waals surface area contributed by atoms with Gasteiger partial charge in [0.2, 0.25) is 5.89 Å². The third-order valence-corrected chi connectivity index (χ3v) is 4.52. The zero-order valence-corrected chi connectivity index (χ0v) is 16.2. The van der Waals surface area contributed by atoms with Crippen LogP contribution in [0.25, 0.3) is 22.6 Å². The molecule has 0 aliphatic carbocycles. The molecule has 4 rings (SSSR count). The number of halogens is 2. The number of hydrogen-bond acceptors (Lipinski definition) is 5. The minimum Gasteiger partial charge on any atom is -0.462 e. The number of benzene rings is 2. The van der Waals surface area contributed by atoms with Crippen LogP contribution in [0.4, 0.5) is 0 Å². The molecule has 142 valence electrons. The highest BCUT2D eigenvalue weighted by Gasteiger charge is 2.13. The number of hydrogen-bond donors (Lipinski definition) is 0. The average molecular weight is 416 g/mol. The third kappa shape index (κ3) is 4.18. The molecule has 0 atom stereocenters. The first kappa shape index (κ1) is 18.5. The largest absolute Gasteiger partial charge is 0.462 e. The lowest BCUT2D eigenvalue weighted by Crippen LogP contribution is -2.08. The molecular weight excluding hydrogens is 401 g/mol. The topological polar surface area (TPSA) is 70.2 Å². The van der Waals surface area contributed by atoms with Crippen molar-refractivity contribution in [1.82, 2.24) is 14.5 Å².